The molecular weight excluding hydrogens is 196 g/mol. The molecule has 0 N–H and O–H groups in total. The van der Waals surface area contributed by atoms with E-state index in [-0.39, 0.29) is 5.41 Å². The predicted octanol–water partition coefficient (Wildman–Crippen LogP) is 3.63. The third-order valence-corrected chi connectivity index (χ3v) is 3.68. The van der Waals surface area contributed by atoms with Gasteiger partial charge in [0.05, 0.1) is 13.2 Å². The molecular formula is C15H22O. The molecule has 1 saturated heterocycles. The van der Waals surface area contributed by atoms with Gasteiger partial charge in [0.15, 0.2) is 0 Å². The van der Waals surface area contributed by atoms with Crippen molar-refractivity contribution in [3.05, 3.63) is 34.9 Å². The minimum atomic E-state index is 0.273. The first kappa shape index (κ1) is 11.7. The van der Waals surface area contributed by atoms with E-state index in [0.29, 0.717) is 0 Å². The maximum absolute atomic E-state index is 5.39. The Morgan fingerprint density at radius 2 is 2.06 bits per heavy atom. The second kappa shape index (κ2) is 4.58. The highest BCUT2D eigenvalue weighted by atomic mass is 16.5. The Hall–Kier alpha value is -0.820. The van der Waals surface area contributed by atoms with Crippen LogP contribution in [0.1, 0.15) is 43.4 Å². The SMILES string of the molecule is CCCCc1c(C)cccc1C1(C)COC1. The lowest BCUT2D eigenvalue weighted by Gasteiger charge is -2.40. The van der Waals surface area contributed by atoms with Crippen molar-refractivity contribution >= 4 is 0 Å². The largest absolute Gasteiger partial charge is 0.379 e. The Morgan fingerprint density at radius 3 is 2.62 bits per heavy atom. The highest BCUT2D eigenvalue weighted by molar-refractivity contribution is 5.40. The number of unbranched alkanes of at least 4 members (excludes halogenated alkanes) is 1. The number of benzene rings is 1. The maximum atomic E-state index is 5.39. The molecule has 1 fully saturated rings. The van der Waals surface area contributed by atoms with Crippen LogP contribution < -0.4 is 0 Å². The van der Waals surface area contributed by atoms with Crippen LogP contribution in [0.2, 0.25) is 0 Å². The van der Waals surface area contributed by atoms with E-state index in [2.05, 4.69) is 39.0 Å². The van der Waals surface area contributed by atoms with E-state index in [1.165, 1.54) is 30.4 Å². The zero-order valence-corrected chi connectivity index (χ0v) is 10.7. The van der Waals surface area contributed by atoms with Crippen LogP contribution in [-0.4, -0.2) is 13.2 Å². The molecule has 0 amide bonds. The van der Waals surface area contributed by atoms with Gasteiger partial charge in [-0.2, -0.15) is 0 Å². The van der Waals surface area contributed by atoms with E-state index in [9.17, 15) is 0 Å². The number of hydrogen-bond donors (Lipinski definition) is 0. The fourth-order valence-electron chi connectivity index (χ4n) is 2.52. The van der Waals surface area contributed by atoms with Crippen molar-refractivity contribution in [2.75, 3.05) is 13.2 Å². The number of aryl methyl sites for hydroxylation is 1. The number of rotatable bonds is 4. The van der Waals surface area contributed by atoms with Crippen molar-refractivity contribution in [2.24, 2.45) is 0 Å². The Bertz CT molecular complexity index is 364. The molecule has 0 radical (unpaired) electrons. The fourth-order valence-corrected chi connectivity index (χ4v) is 2.52. The molecule has 88 valence electrons. The molecule has 0 bridgehead atoms. The van der Waals surface area contributed by atoms with Gasteiger partial charge in [-0.3, -0.25) is 0 Å². The van der Waals surface area contributed by atoms with Crippen molar-refractivity contribution in [1.29, 1.82) is 0 Å². The predicted molar refractivity (Wildman–Crippen MR) is 68.0 cm³/mol. The molecule has 0 saturated carbocycles. The Labute approximate surface area is 98.8 Å². The smallest absolute Gasteiger partial charge is 0.0583 e. The minimum Gasteiger partial charge on any atom is -0.379 e. The molecule has 1 heterocycles. The van der Waals surface area contributed by atoms with E-state index in [0.717, 1.165) is 13.2 Å². The van der Waals surface area contributed by atoms with Crippen molar-refractivity contribution in [3.8, 4) is 0 Å². The van der Waals surface area contributed by atoms with Gasteiger partial charge in [-0.05, 0) is 36.5 Å². The first-order chi connectivity index (χ1) is 7.67. The summed E-state index contributed by atoms with van der Waals surface area (Å²) in [4.78, 5) is 0. The Kier molecular flexibility index (Phi) is 3.34. The summed E-state index contributed by atoms with van der Waals surface area (Å²) >= 11 is 0. The van der Waals surface area contributed by atoms with Crippen LogP contribution in [0.3, 0.4) is 0 Å². The summed E-state index contributed by atoms with van der Waals surface area (Å²) in [6.45, 7) is 8.58. The quantitative estimate of drug-likeness (QED) is 0.750. The van der Waals surface area contributed by atoms with Crippen LogP contribution in [0, 0.1) is 6.92 Å². The molecule has 1 aromatic rings. The van der Waals surface area contributed by atoms with E-state index in [4.69, 9.17) is 4.74 Å². The van der Waals surface area contributed by atoms with Gasteiger partial charge >= 0.3 is 0 Å². The topological polar surface area (TPSA) is 9.23 Å². The third kappa shape index (κ3) is 2.01. The highest BCUT2D eigenvalue weighted by Gasteiger charge is 2.36. The van der Waals surface area contributed by atoms with Crippen LogP contribution in [-0.2, 0) is 16.6 Å². The second-order valence-electron chi connectivity index (χ2n) is 5.26. The molecule has 0 atom stereocenters. The van der Waals surface area contributed by atoms with Crippen LogP contribution in [0.25, 0.3) is 0 Å². The summed E-state index contributed by atoms with van der Waals surface area (Å²) in [6, 6.07) is 6.71. The van der Waals surface area contributed by atoms with Gasteiger partial charge in [-0.1, -0.05) is 38.5 Å². The lowest BCUT2D eigenvalue weighted by atomic mass is 9.76. The third-order valence-electron chi connectivity index (χ3n) is 3.68. The van der Waals surface area contributed by atoms with Crippen molar-refractivity contribution < 1.29 is 4.74 Å². The van der Waals surface area contributed by atoms with Gasteiger partial charge in [0, 0.05) is 5.41 Å². The van der Waals surface area contributed by atoms with Crippen LogP contribution >= 0.6 is 0 Å². The molecule has 0 unspecified atom stereocenters. The Balaban J connectivity index is 2.32. The lowest BCUT2D eigenvalue weighted by molar-refractivity contribution is -0.0504. The van der Waals surface area contributed by atoms with E-state index in [1.807, 2.05) is 0 Å². The van der Waals surface area contributed by atoms with Crippen molar-refractivity contribution in [3.63, 3.8) is 0 Å². The zero-order chi connectivity index (χ0) is 11.6. The van der Waals surface area contributed by atoms with Gasteiger partial charge in [-0.25, -0.2) is 0 Å². The molecule has 1 heteroatoms. The normalized spacial score (nSPS) is 18.2. The molecule has 0 aliphatic carbocycles. The monoisotopic (exact) mass is 218 g/mol. The molecule has 16 heavy (non-hydrogen) atoms. The molecule has 0 spiro atoms. The summed E-state index contributed by atoms with van der Waals surface area (Å²) in [5.74, 6) is 0. The molecule has 1 aromatic carbocycles. The van der Waals surface area contributed by atoms with Gasteiger partial charge < -0.3 is 4.74 Å². The zero-order valence-electron chi connectivity index (χ0n) is 10.7. The summed E-state index contributed by atoms with van der Waals surface area (Å²) < 4.78 is 5.39. The highest BCUT2D eigenvalue weighted by Crippen LogP contribution is 2.35. The lowest BCUT2D eigenvalue weighted by Crippen LogP contribution is -2.44. The molecule has 1 aliphatic heterocycles. The van der Waals surface area contributed by atoms with Crippen molar-refractivity contribution in [1.82, 2.24) is 0 Å². The minimum absolute atomic E-state index is 0.273. The summed E-state index contributed by atoms with van der Waals surface area (Å²) in [5.41, 5.74) is 4.80. The maximum Gasteiger partial charge on any atom is 0.0583 e. The number of ether oxygens (including phenoxy) is 1. The molecule has 2 rings (SSSR count). The van der Waals surface area contributed by atoms with Gasteiger partial charge in [0.1, 0.15) is 0 Å². The average molecular weight is 218 g/mol. The summed E-state index contributed by atoms with van der Waals surface area (Å²) in [6.07, 6.45) is 3.77. The first-order valence-electron chi connectivity index (χ1n) is 6.34. The second-order valence-corrected chi connectivity index (χ2v) is 5.26. The van der Waals surface area contributed by atoms with Gasteiger partial charge in [0.2, 0.25) is 0 Å². The Morgan fingerprint density at radius 1 is 1.31 bits per heavy atom. The molecule has 1 nitrogen and oxygen atoms in total. The number of hydrogen-bond acceptors (Lipinski definition) is 1. The standard InChI is InChI=1S/C15H22O/c1-4-5-8-13-12(2)7-6-9-14(13)15(3)10-16-11-15/h6-7,9H,4-5,8,10-11H2,1-3H3. The van der Waals surface area contributed by atoms with Crippen LogP contribution in [0.4, 0.5) is 0 Å². The first-order valence-corrected chi connectivity index (χ1v) is 6.34. The summed E-state index contributed by atoms with van der Waals surface area (Å²) in [7, 11) is 0. The van der Waals surface area contributed by atoms with Crippen LogP contribution in [0.5, 0.6) is 0 Å². The molecule has 0 aromatic heterocycles. The molecule has 1 aliphatic rings. The fraction of sp³-hybridized carbons (Fsp3) is 0.600. The van der Waals surface area contributed by atoms with Gasteiger partial charge in [-0.15, -0.1) is 0 Å². The van der Waals surface area contributed by atoms with Gasteiger partial charge in [0.25, 0.3) is 0 Å². The van der Waals surface area contributed by atoms with E-state index < -0.39 is 0 Å². The summed E-state index contributed by atoms with van der Waals surface area (Å²) in [5, 5.41) is 0. The average Bonchev–Trinajstić information content (AvgIpc) is 2.24. The van der Waals surface area contributed by atoms with Crippen molar-refractivity contribution in [2.45, 2.75) is 45.4 Å². The van der Waals surface area contributed by atoms with Crippen LogP contribution in [0.15, 0.2) is 18.2 Å². The van der Waals surface area contributed by atoms with E-state index >= 15 is 0 Å². The van der Waals surface area contributed by atoms with E-state index in [1.54, 1.807) is 5.56 Å².